The first-order valence-electron chi connectivity index (χ1n) is 7.27. The summed E-state index contributed by atoms with van der Waals surface area (Å²) in [6, 6.07) is 12.8. The van der Waals surface area contributed by atoms with Crippen molar-refractivity contribution in [3.8, 4) is 0 Å². The van der Waals surface area contributed by atoms with Gasteiger partial charge in [0.2, 0.25) is 0 Å². The third-order valence-electron chi connectivity index (χ3n) is 4.05. The zero-order valence-electron chi connectivity index (χ0n) is 12.1. The lowest BCUT2D eigenvalue weighted by Gasteiger charge is -2.21. The highest BCUT2D eigenvalue weighted by Crippen LogP contribution is 2.20. The fourth-order valence-electron chi connectivity index (χ4n) is 2.83. The minimum Gasteiger partial charge on any atom is -0.334 e. The maximum absolute atomic E-state index is 13.3. The van der Waals surface area contributed by atoms with Crippen LogP contribution in [0.1, 0.15) is 33.5 Å². The number of aryl methyl sites for hydroxylation is 2. The van der Waals surface area contributed by atoms with Crippen LogP contribution in [0.2, 0.25) is 0 Å². The number of fused-ring (bicyclic) bond motifs is 1. The van der Waals surface area contributed by atoms with E-state index >= 15 is 0 Å². The van der Waals surface area contributed by atoms with Crippen LogP contribution in [0.25, 0.3) is 0 Å². The second-order valence-electron chi connectivity index (χ2n) is 5.56. The quantitative estimate of drug-likeness (QED) is 0.781. The lowest BCUT2D eigenvalue weighted by molar-refractivity contribution is 0.0745. The molecule has 0 bridgehead atoms. The Balaban J connectivity index is 1.86. The predicted octanol–water partition coefficient (Wildman–Crippen LogP) is 3.72. The fraction of sp³-hybridized carbons (Fsp3) is 0.278. The van der Waals surface area contributed by atoms with Crippen molar-refractivity contribution in [3.05, 3.63) is 70.5 Å². The Labute approximate surface area is 124 Å². The van der Waals surface area contributed by atoms with Crippen LogP contribution in [0.5, 0.6) is 0 Å². The molecule has 0 N–H and O–H groups in total. The highest BCUT2D eigenvalue weighted by atomic mass is 19.1. The highest BCUT2D eigenvalue weighted by molar-refractivity contribution is 5.94. The van der Waals surface area contributed by atoms with Crippen LogP contribution in [-0.2, 0) is 13.0 Å². The molecule has 3 rings (SSSR count). The van der Waals surface area contributed by atoms with E-state index in [-0.39, 0.29) is 11.7 Å². The molecule has 0 saturated heterocycles. The molecule has 1 aliphatic heterocycles. The third kappa shape index (κ3) is 2.82. The number of hydrogen-bond donors (Lipinski definition) is 0. The minimum absolute atomic E-state index is 0.0187. The SMILES string of the molecule is Cc1cc(C(=O)N2CCCc3ccccc3C2)ccc1F. The Bertz CT molecular complexity index is 681. The van der Waals surface area contributed by atoms with Crippen molar-refractivity contribution in [1.82, 2.24) is 4.90 Å². The van der Waals surface area contributed by atoms with Crippen LogP contribution in [0.15, 0.2) is 42.5 Å². The summed E-state index contributed by atoms with van der Waals surface area (Å²) in [6.07, 6.45) is 1.96. The number of carbonyl (C=O) groups is 1. The van der Waals surface area contributed by atoms with E-state index in [1.165, 1.54) is 17.2 Å². The molecule has 0 aliphatic carbocycles. The standard InChI is InChI=1S/C18H18FNO/c1-13-11-15(8-9-17(13)19)18(21)20-10-4-7-14-5-2-3-6-16(14)12-20/h2-3,5-6,8-9,11H,4,7,10,12H2,1H3. The van der Waals surface area contributed by atoms with Gasteiger partial charge in [-0.2, -0.15) is 0 Å². The summed E-state index contributed by atoms with van der Waals surface area (Å²) in [7, 11) is 0. The van der Waals surface area contributed by atoms with Crippen molar-refractivity contribution in [2.24, 2.45) is 0 Å². The Morgan fingerprint density at radius 3 is 2.67 bits per heavy atom. The largest absolute Gasteiger partial charge is 0.334 e. The molecule has 0 radical (unpaired) electrons. The summed E-state index contributed by atoms with van der Waals surface area (Å²) in [5.41, 5.74) is 3.61. The summed E-state index contributed by atoms with van der Waals surface area (Å²) in [4.78, 5) is 14.5. The molecule has 0 saturated carbocycles. The number of halogens is 1. The molecule has 0 atom stereocenters. The van der Waals surface area contributed by atoms with Crippen LogP contribution >= 0.6 is 0 Å². The molecular weight excluding hydrogens is 265 g/mol. The van der Waals surface area contributed by atoms with E-state index in [4.69, 9.17) is 0 Å². The van der Waals surface area contributed by atoms with Crippen LogP contribution in [0.3, 0.4) is 0 Å². The molecule has 21 heavy (non-hydrogen) atoms. The van der Waals surface area contributed by atoms with Crippen LogP contribution in [0.4, 0.5) is 4.39 Å². The average molecular weight is 283 g/mol. The lowest BCUT2D eigenvalue weighted by Crippen LogP contribution is -2.30. The van der Waals surface area contributed by atoms with E-state index in [2.05, 4.69) is 12.1 Å². The van der Waals surface area contributed by atoms with Gasteiger partial charge in [0.15, 0.2) is 0 Å². The van der Waals surface area contributed by atoms with Gasteiger partial charge in [0.1, 0.15) is 5.82 Å². The van der Waals surface area contributed by atoms with Gasteiger partial charge < -0.3 is 4.90 Å². The maximum atomic E-state index is 13.3. The van der Waals surface area contributed by atoms with Gasteiger partial charge in [-0.15, -0.1) is 0 Å². The number of amides is 1. The topological polar surface area (TPSA) is 20.3 Å². The summed E-state index contributed by atoms with van der Waals surface area (Å²) in [5, 5.41) is 0. The summed E-state index contributed by atoms with van der Waals surface area (Å²) < 4.78 is 13.3. The normalized spacial score (nSPS) is 14.5. The van der Waals surface area contributed by atoms with Crippen molar-refractivity contribution in [2.75, 3.05) is 6.54 Å². The number of benzene rings is 2. The molecule has 0 aromatic heterocycles. The van der Waals surface area contributed by atoms with E-state index < -0.39 is 0 Å². The molecule has 108 valence electrons. The molecule has 1 aliphatic rings. The third-order valence-corrected chi connectivity index (χ3v) is 4.05. The average Bonchev–Trinajstić information content (AvgIpc) is 2.71. The van der Waals surface area contributed by atoms with Gasteiger partial charge in [-0.1, -0.05) is 24.3 Å². The molecular formula is C18H18FNO. The molecule has 3 heteroatoms. The number of rotatable bonds is 1. The van der Waals surface area contributed by atoms with E-state index in [1.807, 2.05) is 17.0 Å². The van der Waals surface area contributed by atoms with Gasteiger partial charge >= 0.3 is 0 Å². The van der Waals surface area contributed by atoms with E-state index in [0.717, 1.165) is 19.4 Å². The van der Waals surface area contributed by atoms with Gasteiger partial charge in [-0.3, -0.25) is 4.79 Å². The van der Waals surface area contributed by atoms with E-state index in [9.17, 15) is 9.18 Å². The summed E-state index contributed by atoms with van der Waals surface area (Å²) in [5.74, 6) is -0.289. The first-order valence-corrected chi connectivity index (χ1v) is 7.27. The molecule has 2 nitrogen and oxygen atoms in total. The first kappa shape index (κ1) is 13.8. The minimum atomic E-state index is -0.271. The van der Waals surface area contributed by atoms with Gasteiger partial charge in [-0.25, -0.2) is 4.39 Å². The molecule has 2 aromatic carbocycles. The Hall–Kier alpha value is -2.16. The first-order chi connectivity index (χ1) is 10.1. The van der Waals surface area contributed by atoms with Crippen molar-refractivity contribution in [3.63, 3.8) is 0 Å². The molecule has 0 unspecified atom stereocenters. The summed E-state index contributed by atoms with van der Waals surface area (Å²) >= 11 is 0. The molecule has 1 amide bonds. The molecule has 2 aromatic rings. The van der Waals surface area contributed by atoms with Crippen molar-refractivity contribution in [2.45, 2.75) is 26.3 Å². The number of hydrogen-bond acceptors (Lipinski definition) is 1. The number of nitrogens with zero attached hydrogens (tertiary/aromatic N) is 1. The zero-order valence-corrected chi connectivity index (χ0v) is 12.1. The zero-order chi connectivity index (χ0) is 14.8. The fourth-order valence-corrected chi connectivity index (χ4v) is 2.83. The lowest BCUT2D eigenvalue weighted by atomic mass is 10.0. The molecule has 1 heterocycles. The van der Waals surface area contributed by atoms with E-state index in [0.29, 0.717) is 17.7 Å². The second-order valence-corrected chi connectivity index (χ2v) is 5.56. The van der Waals surface area contributed by atoms with Gasteiger partial charge in [0.25, 0.3) is 5.91 Å². The Morgan fingerprint density at radius 1 is 1.14 bits per heavy atom. The van der Waals surface area contributed by atoms with Crippen LogP contribution in [-0.4, -0.2) is 17.4 Å². The highest BCUT2D eigenvalue weighted by Gasteiger charge is 2.20. The van der Waals surface area contributed by atoms with Gasteiger partial charge in [0, 0.05) is 18.7 Å². The van der Waals surface area contributed by atoms with Crippen LogP contribution < -0.4 is 0 Å². The van der Waals surface area contributed by atoms with Gasteiger partial charge in [-0.05, 0) is 54.7 Å². The summed E-state index contributed by atoms with van der Waals surface area (Å²) in [6.45, 7) is 3.05. The Kier molecular flexibility index (Phi) is 3.74. The maximum Gasteiger partial charge on any atom is 0.254 e. The van der Waals surface area contributed by atoms with Crippen molar-refractivity contribution in [1.29, 1.82) is 0 Å². The predicted molar refractivity (Wildman–Crippen MR) is 80.6 cm³/mol. The van der Waals surface area contributed by atoms with Crippen molar-refractivity contribution < 1.29 is 9.18 Å². The number of carbonyl (C=O) groups excluding carboxylic acids is 1. The van der Waals surface area contributed by atoms with E-state index in [1.54, 1.807) is 19.1 Å². The smallest absolute Gasteiger partial charge is 0.254 e. The molecule has 0 fully saturated rings. The van der Waals surface area contributed by atoms with Crippen molar-refractivity contribution >= 4 is 5.91 Å². The monoisotopic (exact) mass is 283 g/mol. The second kappa shape index (κ2) is 5.68. The van der Waals surface area contributed by atoms with Crippen LogP contribution in [0, 0.1) is 12.7 Å². The van der Waals surface area contributed by atoms with Gasteiger partial charge in [0.05, 0.1) is 0 Å². The Morgan fingerprint density at radius 2 is 1.90 bits per heavy atom. The molecule has 0 spiro atoms.